The van der Waals surface area contributed by atoms with E-state index in [4.69, 9.17) is 26.1 Å². The van der Waals surface area contributed by atoms with Crippen molar-refractivity contribution in [2.45, 2.75) is 26.3 Å². The minimum Gasteiger partial charge on any atom is -0.507 e. The van der Waals surface area contributed by atoms with E-state index in [2.05, 4.69) is 6.92 Å². The highest BCUT2D eigenvalue weighted by atomic mass is 35.5. The molecule has 0 spiro atoms. The fourth-order valence-electron chi connectivity index (χ4n) is 4.52. The number of aliphatic hydroxyl groups excluding tert-OH is 1. The molecule has 0 aliphatic carbocycles. The lowest BCUT2D eigenvalue weighted by Gasteiger charge is -2.24. The van der Waals surface area contributed by atoms with Crippen LogP contribution in [-0.4, -0.2) is 35.5 Å². The van der Waals surface area contributed by atoms with E-state index in [-0.39, 0.29) is 11.3 Å². The van der Waals surface area contributed by atoms with Gasteiger partial charge in [0.05, 0.1) is 35.5 Å². The number of amides is 1. The van der Waals surface area contributed by atoms with E-state index >= 15 is 0 Å². The van der Waals surface area contributed by atoms with Crippen molar-refractivity contribution in [2.75, 3.05) is 18.6 Å². The average Bonchev–Trinajstić information content (AvgIpc) is 3.46. The number of aromatic nitrogens is 1. The largest absolute Gasteiger partial charge is 0.507 e. The first kappa shape index (κ1) is 25.8. The van der Waals surface area contributed by atoms with Crippen LogP contribution in [0.2, 0.25) is 5.02 Å². The molecule has 1 amide bonds. The van der Waals surface area contributed by atoms with Crippen LogP contribution in [-0.2, 0) is 16.0 Å². The van der Waals surface area contributed by atoms with Crippen LogP contribution in [0.3, 0.4) is 0 Å². The third-order valence-electron chi connectivity index (χ3n) is 6.42. The molecule has 5 rings (SSSR count). The number of aryl methyl sites for hydroxylation is 1. The van der Waals surface area contributed by atoms with Crippen molar-refractivity contribution in [3.05, 3.63) is 87.9 Å². The van der Waals surface area contributed by atoms with Crippen molar-refractivity contribution in [3.63, 3.8) is 0 Å². The molecule has 1 N–H and O–H groups in total. The van der Waals surface area contributed by atoms with E-state index in [1.807, 2.05) is 25.1 Å². The number of anilines is 1. The van der Waals surface area contributed by atoms with Gasteiger partial charge >= 0.3 is 5.91 Å². The van der Waals surface area contributed by atoms with E-state index in [9.17, 15) is 14.7 Å². The smallest absolute Gasteiger partial charge is 0.301 e. The maximum atomic E-state index is 13.5. The zero-order valence-electron chi connectivity index (χ0n) is 21.0. The number of fused-ring (bicyclic) bond motifs is 1. The number of aliphatic hydroxyl groups is 1. The van der Waals surface area contributed by atoms with Crippen LogP contribution in [0.15, 0.2) is 66.2 Å². The third-order valence-corrected chi connectivity index (χ3v) is 7.69. The van der Waals surface area contributed by atoms with Crippen LogP contribution >= 0.6 is 22.9 Å². The summed E-state index contributed by atoms with van der Waals surface area (Å²) in [6.07, 6.45) is 0.862. The number of halogens is 1. The van der Waals surface area contributed by atoms with Gasteiger partial charge in [-0.05, 0) is 73.0 Å². The molecule has 2 heterocycles. The Labute approximate surface area is 228 Å². The second-order valence-electron chi connectivity index (χ2n) is 8.67. The first-order valence-corrected chi connectivity index (χ1v) is 13.3. The van der Waals surface area contributed by atoms with Crippen LogP contribution in [0.1, 0.15) is 36.6 Å². The molecule has 1 saturated heterocycles. The van der Waals surface area contributed by atoms with E-state index in [1.54, 1.807) is 42.5 Å². The summed E-state index contributed by atoms with van der Waals surface area (Å²) in [5.74, 6) is -0.898. The molecule has 1 aliphatic heterocycles. The Hall–Kier alpha value is -3.88. The van der Waals surface area contributed by atoms with Crippen molar-refractivity contribution in [3.8, 4) is 11.5 Å². The number of carbonyl (C=O) groups is 2. The highest BCUT2D eigenvalue weighted by Crippen LogP contribution is 2.46. The summed E-state index contributed by atoms with van der Waals surface area (Å²) >= 11 is 7.36. The zero-order chi connectivity index (χ0) is 27.0. The van der Waals surface area contributed by atoms with Gasteiger partial charge in [-0.1, -0.05) is 42.0 Å². The number of ether oxygens (including phenoxy) is 2. The molecule has 194 valence electrons. The Balaban J connectivity index is 1.72. The monoisotopic (exact) mass is 548 g/mol. The Bertz CT molecular complexity index is 1580. The van der Waals surface area contributed by atoms with Crippen LogP contribution in [0.25, 0.3) is 16.0 Å². The van der Waals surface area contributed by atoms with Gasteiger partial charge in [0, 0.05) is 10.6 Å². The van der Waals surface area contributed by atoms with E-state index in [1.165, 1.54) is 23.3 Å². The molecule has 0 bridgehead atoms. The number of rotatable bonds is 7. The molecule has 0 unspecified atom stereocenters. The molecule has 3 aromatic carbocycles. The third kappa shape index (κ3) is 4.50. The van der Waals surface area contributed by atoms with Gasteiger partial charge < -0.3 is 14.6 Å². The lowest BCUT2D eigenvalue weighted by Crippen LogP contribution is -2.29. The van der Waals surface area contributed by atoms with Gasteiger partial charge in [0.25, 0.3) is 5.78 Å². The molecule has 1 fully saturated rings. The summed E-state index contributed by atoms with van der Waals surface area (Å²) in [4.78, 5) is 33.1. The molecule has 0 radical (unpaired) electrons. The second-order valence-corrected chi connectivity index (χ2v) is 10.1. The fraction of sp³-hybridized carbons (Fsp3) is 0.207. The van der Waals surface area contributed by atoms with Gasteiger partial charge in [0.1, 0.15) is 5.76 Å². The van der Waals surface area contributed by atoms with Crippen LogP contribution in [0.5, 0.6) is 11.5 Å². The average molecular weight is 549 g/mol. The Kier molecular flexibility index (Phi) is 7.10. The van der Waals surface area contributed by atoms with Crippen molar-refractivity contribution < 1.29 is 24.2 Å². The maximum absolute atomic E-state index is 13.5. The van der Waals surface area contributed by atoms with Crippen LogP contribution in [0.4, 0.5) is 5.13 Å². The normalized spacial score (nSPS) is 16.8. The number of ketones is 1. The number of nitrogens with zero attached hydrogens (tertiary/aromatic N) is 2. The van der Waals surface area contributed by atoms with Crippen molar-refractivity contribution in [2.24, 2.45) is 0 Å². The van der Waals surface area contributed by atoms with E-state index in [0.29, 0.717) is 39.4 Å². The number of carbonyl (C=O) groups excluding carboxylic acids is 2. The summed E-state index contributed by atoms with van der Waals surface area (Å²) in [5.41, 5.74) is 2.76. The standard InChI is InChI=1S/C29H25ClN2O5S/c1-4-16-6-12-20-23(14-16)38-29(31-20)32-25(18-9-13-21(37-5-2)22(15-18)36-3)24(27(34)28(32)35)26(33)17-7-10-19(30)11-8-17/h6-15,25,33H,4-5H2,1-3H3/b26-24+/t25-/m0/s1. The summed E-state index contributed by atoms with van der Waals surface area (Å²) < 4.78 is 12.1. The maximum Gasteiger partial charge on any atom is 0.301 e. The van der Waals surface area contributed by atoms with Gasteiger partial charge in [-0.2, -0.15) is 0 Å². The number of Topliss-reactive ketones (excluding diaryl/α,β-unsaturated/α-hetero) is 1. The predicted molar refractivity (Wildman–Crippen MR) is 149 cm³/mol. The van der Waals surface area contributed by atoms with Gasteiger partial charge in [-0.25, -0.2) is 4.98 Å². The number of hydrogen-bond acceptors (Lipinski definition) is 7. The van der Waals surface area contributed by atoms with Gasteiger partial charge in [0.15, 0.2) is 16.6 Å². The molecule has 1 aliphatic rings. The van der Waals surface area contributed by atoms with Crippen LogP contribution in [0, 0.1) is 0 Å². The summed E-state index contributed by atoms with van der Waals surface area (Å²) in [6.45, 7) is 4.37. The summed E-state index contributed by atoms with van der Waals surface area (Å²) in [6, 6.07) is 16.6. The van der Waals surface area contributed by atoms with E-state index < -0.39 is 17.7 Å². The van der Waals surface area contributed by atoms with Crippen molar-refractivity contribution in [1.82, 2.24) is 4.98 Å². The molecule has 0 saturated carbocycles. The van der Waals surface area contributed by atoms with Crippen LogP contribution < -0.4 is 14.4 Å². The lowest BCUT2D eigenvalue weighted by molar-refractivity contribution is -0.132. The minimum atomic E-state index is -0.943. The minimum absolute atomic E-state index is 0.0444. The highest BCUT2D eigenvalue weighted by molar-refractivity contribution is 7.22. The van der Waals surface area contributed by atoms with Gasteiger partial charge in [-0.15, -0.1) is 0 Å². The number of benzene rings is 3. The molecule has 9 heteroatoms. The number of hydrogen-bond donors (Lipinski definition) is 1. The topological polar surface area (TPSA) is 89.0 Å². The molecular formula is C29H25ClN2O5S. The summed E-state index contributed by atoms with van der Waals surface area (Å²) in [7, 11) is 1.52. The first-order valence-electron chi connectivity index (χ1n) is 12.1. The van der Waals surface area contributed by atoms with Gasteiger partial charge in [-0.3, -0.25) is 14.5 Å². The first-order chi connectivity index (χ1) is 18.4. The Morgan fingerprint density at radius 2 is 1.82 bits per heavy atom. The molecule has 4 aromatic rings. The molecule has 1 atom stereocenters. The molecule has 1 aromatic heterocycles. The fourth-order valence-corrected chi connectivity index (χ4v) is 5.70. The van der Waals surface area contributed by atoms with Crippen molar-refractivity contribution >= 4 is 55.7 Å². The zero-order valence-corrected chi connectivity index (χ0v) is 22.6. The lowest BCUT2D eigenvalue weighted by atomic mass is 9.95. The highest BCUT2D eigenvalue weighted by Gasteiger charge is 2.48. The van der Waals surface area contributed by atoms with Crippen molar-refractivity contribution in [1.29, 1.82) is 0 Å². The molecular weight excluding hydrogens is 524 g/mol. The summed E-state index contributed by atoms with van der Waals surface area (Å²) in [5, 5.41) is 12.2. The SMILES string of the molecule is CCOc1ccc([C@H]2/C(=C(\O)c3ccc(Cl)cc3)C(=O)C(=O)N2c2nc3ccc(CC)cc3s2)cc1OC. The second kappa shape index (κ2) is 10.5. The quantitative estimate of drug-likeness (QED) is 0.160. The van der Waals surface area contributed by atoms with Gasteiger partial charge in [0.2, 0.25) is 0 Å². The predicted octanol–water partition coefficient (Wildman–Crippen LogP) is 6.55. The Morgan fingerprint density at radius 1 is 1.05 bits per heavy atom. The molecule has 38 heavy (non-hydrogen) atoms. The number of thiazole rings is 1. The molecule has 7 nitrogen and oxygen atoms in total. The van der Waals surface area contributed by atoms with E-state index in [0.717, 1.165) is 22.2 Å². The number of methoxy groups -OCH3 is 1. The Morgan fingerprint density at radius 3 is 2.50 bits per heavy atom.